The van der Waals surface area contributed by atoms with Gasteiger partial charge in [0.15, 0.2) is 0 Å². The van der Waals surface area contributed by atoms with Crippen molar-refractivity contribution < 1.29 is 23.3 Å². The maximum atomic E-state index is 13.5. The highest BCUT2D eigenvalue weighted by Crippen LogP contribution is 2.29. The standard InChI is InChI=1S/C21H22BrFN4O4/c1-2-3-19(28)31-27-11-6-14(13-27)20-24-21(25-30-20)26-9-7-16(8-10-26)29-18-12-15(23)4-5-17(18)22/h4-6,11-13,16H,2-3,7-10H2,1H3. The van der Waals surface area contributed by atoms with Gasteiger partial charge in [0.2, 0.25) is 0 Å². The summed E-state index contributed by atoms with van der Waals surface area (Å²) in [6.07, 6.45) is 5.80. The van der Waals surface area contributed by atoms with Gasteiger partial charge in [0.05, 0.1) is 16.2 Å². The molecule has 0 amide bonds. The summed E-state index contributed by atoms with van der Waals surface area (Å²) in [6, 6.07) is 6.15. The molecule has 0 unspecified atom stereocenters. The minimum absolute atomic E-state index is 0.0208. The van der Waals surface area contributed by atoms with Crippen LogP contribution in [0.15, 0.2) is 45.7 Å². The third-order valence-electron chi connectivity index (χ3n) is 4.90. The Kier molecular flexibility index (Phi) is 6.55. The normalized spacial score (nSPS) is 14.6. The first kappa shape index (κ1) is 21.4. The Morgan fingerprint density at radius 1 is 1.32 bits per heavy atom. The van der Waals surface area contributed by atoms with Crippen molar-refractivity contribution in [3.05, 3.63) is 46.9 Å². The monoisotopic (exact) mass is 492 g/mol. The van der Waals surface area contributed by atoms with Gasteiger partial charge in [-0.15, -0.1) is 0 Å². The second-order valence-electron chi connectivity index (χ2n) is 7.25. The lowest BCUT2D eigenvalue weighted by atomic mass is 10.1. The van der Waals surface area contributed by atoms with E-state index in [2.05, 4.69) is 26.1 Å². The van der Waals surface area contributed by atoms with Gasteiger partial charge in [-0.2, -0.15) is 9.71 Å². The molecule has 1 fully saturated rings. The fourth-order valence-corrected chi connectivity index (χ4v) is 3.65. The van der Waals surface area contributed by atoms with Crippen LogP contribution in [0.3, 0.4) is 0 Å². The smallest absolute Gasteiger partial charge is 0.332 e. The second kappa shape index (κ2) is 9.51. The van der Waals surface area contributed by atoms with Crippen molar-refractivity contribution in [2.75, 3.05) is 18.0 Å². The zero-order chi connectivity index (χ0) is 21.8. The first-order valence-corrected chi connectivity index (χ1v) is 10.9. The van der Waals surface area contributed by atoms with E-state index >= 15 is 0 Å². The van der Waals surface area contributed by atoms with Crippen LogP contribution >= 0.6 is 15.9 Å². The summed E-state index contributed by atoms with van der Waals surface area (Å²) in [5.74, 6) is 0.720. The number of hydrogen-bond acceptors (Lipinski definition) is 7. The van der Waals surface area contributed by atoms with Gasteiger partial charge in [-0.05, 0) is 45.7 Å². The molecule has 31 heavy (non-hydrogen) atoms. The SMILES string of the molecule is CCCC(=O)On1ccc(-c2nc(N3CCC(Oc4cc(F)ccc4Br)CC3)no2)c1. The van der Waals surface area contributed by atoms with Crippen LogP contribution < -0.4 is 14.5 Å². The largest absolute Gasteiger partial charge is 0.489 e. The van der Waals surface area contributed by atoms with Crippen LogP contribution in [0, 0.1) is 5.82 Å². The van der Waals surface area contributed by atoms with Gasteiger partial charge < -0.3 is 19.0 Å². The lowest BCUT2D eigenvalue weighted by Gasteiger charge is -2.31. The summed E-state index contributed by atoms with van der Waals surface area (Å²) in [6.45, 7) is 3.29. The van der Waals surface area contributed by atoms with Crippen molar-refractivity contribution in [2.24, 2.45) is 0 Å². The van der Waals surface area contributed by atoms with Crippen molar-refractivity contribution in [1.82, 2.24) is 14.9 Å². The number of piperidine rings is 1. The van der Waals surface area contributed by atoms with E-state index in [1.165, 1.54) is 16.9 Å². The fraction of sp³-hybridized carbons (Fsp3) is 0.381. The van der Waals surface area contributed by atoms with E-state index in [-0.39, 0.29) is 17.9 Å². The lowest BCUT2D eigenvalue weighted by Crippen LogP contribution is -2.38. The van der Waals surface area contributed by atoms with Crippen molar-refractivity contribution >= 4 is 27.8 Å². The summed E-state index contributed by atoms with van der Waals surface area (Å²) in [5, 5.41) is 4.08. The Hall–Kier alpha value is -2.88. The fourth-order valence-electron chi connectivity index (χ4n) is 3.31. The van der Waals surface area contributed by atoms with Crippen LogP contribution in [0.5, 0.6) is 5.75 Å². The van der Waals surface area contributed by atoms with Crippen LogP contribution in [0.2, 0.25) is 0 Å². The molecule has 1 aliphatic rings. The van der Waals surface area contributed by atoms with E-state index in [0.717, 1.165) is 23.7 Å². The number of anilines is 1. The highest BCUT2D eigenvalue weighted by atomic mass is 79.9. The van der Waals surface area contributed by atoms with E-state index in [9.17, 15) is 9.18 Å². The predicted molar refractivity (Wildman–Crippen MR) is 114 cm³/mol. The van der Waals surface area contributed by atoms with E-state index in [1.807, 2.05) is 11.8 Å². The third-order valence-corrected chi connectivity index (χ3v) is 5.56. The Labute approximate surface area is 187 Å². The van der Waals surface area contributed by atoms with Crippen LogP contribution in [-0.4, -0.2) is 40.0 Å². The van der Waals surface area contributed by atoms with Gasteiger partial charge in [-0.3, -0.25) is 0 Å². The summed E-state index contributed by atoms with van der Waals surface area (Å²) in [7, 11) is 0. The summed E-state index contributed by atoms with van der Waals surface area (Å²) >= 11 is 3.39. The molecular formula is C21H22BrFN4O4. The summed E-state index contributed by atoms with van der Waals surface area (Å²) in [4.78, 5) is 23.3. The molecule has 0 saturated carbocycles. The van der Waals surface area contributed by atoms with Gasteiger partial charge in [-0.1, -0.05) is 6.92 Å². The molecule has 0 bridgehead atoms. The lowest BCUT2D eigenvalue weighted by molar-refractivity contribution is -0.144. The quantitative estimate of drug-likeness (QED) is 0.487. The minimum Gasteiger partial charge on any atom is -0.489 e. The maximum Gasteiger partial charge on any atom is 0.332 e. The molecule has 3 aromatic rings. The van der Waals surface area contributed by atoms with Gasteiger partial charge in [0, 0.05) is 44.6 Å². The Balaban J connectivity index is 1.34. The number of benzene rings is 1. The van der Waals surface area contributed by atoms with Gasteiger partial charge >= 0.3 is 5.97 Å². The van der Waals surface area contributed by atoms with Crippen molar-refractivity contribution in [2.45, 2.75) is 38.7 Å². The second-order valence-corrected chi connectivity index (χ2v) is 8.11. The van der Waals surface area contributed by atoms with Crippen molar-refractivity contribution in [3.8, 4) is 17.2 Å². The first-order valence-electron chi connectivity index (χ1n) is 10.1. The highest BCUT2D eigenvalue weighted by Gasteiger charge is 2.25. The average molecular weight is 493 g/mol. The Bertz CT molecular complexity index is 1050. The van der Waals surface area contributed by atoms with Crippen LogP contribution in [0.25, 0.3) is 11.5 Å². The third kappa shape index (κ3) is 5.25. The minimum atomic E-state index is -0.330. The first-order chi connectivity index (χ1) is 15.0. The maximum absolute atomic E-state index is 13.5. The Morgan fingerprint density at radius 3 is 2.90 bits per heavy atom. The molecule has 1 aliphatic heterocycles. The van der Waals surface area contributed by atoms with E-state index in [0.29, 0.717) is 42.7 Å². The molecule has 4 rings (SSSR count). The molecule has 0 N–H and O–H groups in total. The number of hydrogen-bond donors (Lipinski definition) is 0. The van der Waals surface area contributed by atoms with Crippen LogP contribution in [0.4, 0.5) is 10.3 Å². The summed E-state index contributed by atoms with van der Waals surface area (Å²) in [5.41, 5.74) is 0.664. The number of carbonyl (C=O) groups excluding carboxylic acids is 1. The zero-order valence-corrected chi connectivity index (χ0v) is 18.5. The zero-order valence-electron chi connectivity index (χ0n) is 17.0. The molecule has 1 saturated heterocycles. The van der Waals surface area contributed by atoms with Crippen molar-refractivity contribution in [1.29, 1.82) is 0 Å². The van der Waals surface area contributed by atoms with Crippen LogP contribution in [-0.2, 0) is 4.79 Å². The Morgan fingerprint density at radius 2 is 2.13 bits per heavy atom. The molecule has 1 aromatic carbocycles. The molecule has 0 radical (unpaired) electrons. The number of carbonyl (C=O) groups is 1. The average Bonchev–Trinajstić information content (AvgIpc) is 3.41. The number of rotatable bonds is 7. The molecule has 0 aliphatic carbocycles. The molecule has 2 aromatic heterocycles. The number of nitrogens with zero attached hydrogens (tertiary/aromatic N) is 4. The molecule has 0 spiro atoms. The topological polar surface area (TPSA) is 82.6 Å². The molecule has 8 nitrogen and oxygen atoms in total. The van der Waals surface area contributed by atoms with Crippen LogP contribution in [0.1, 0.15) is 32.6 Å². The van der Waals surface area contributed by atoms with Crippen molar-refractivity contribution in [3.63, 3.8) is 0 Å². The van der Waals surface area contributed by atoms with E-state index in [4.69, 9.17) is 14.1 Å². The predicted octanol–water partition coefficient (Wildman–Crippen LogP) is 4.24. The van der Waals surface area contributed by atoms with E-state index in [1.54, 1.807) is 24.5 Å². The number of halogens is 2. The van der Waals surface area contributed by atoms with Gasteiger partial charge in [0.1, 0.15) is 17.7 Å². The van der Waals surface area contributed by atoms with Gasteiger partial charge in [0.25, 0.3) is 11.8 Å². The highest BCUT2D eigenvalue weighted by molar-refractivity contribution is 9.10. The van der Waals surface area contributed by atoms with Gasteiger partial charge in [-0.25, -0.2) is 9.18 Å². The number of aromatic nitrogens is 3. The van der Waals surface area contributed by atoms with E-state index < -0.39 is 0 Å². The molecule has 10 heteroatoms. The summed E-state index contributed by atoms with van der Waals surface area (Å²) < 4.78 is 26.9. The molecule has 0 atom stereocenters. The molecule has 164 valence electrons. The molecule has 3 heterocycles. The number of ether oxygens (including phenoxy) is 1. The molecular weight excluding hydrogens is 471 g/mol.